The smallest absolute Gasteiger partial charge is 0.319 e. The van der Waals surface area contributed by atoms with Crippen molar-refractivity contribution < 1.29 is 66.2 Å². The van der Waals surface area contributed by atoms with Gasteiger partial charge in [-0.1, -0.05) is 89.3 Å². The van der Waals surface area contributed by atoms with Gasteiger partial charge >= 0.3 is 18.0 Å². The normalized spacial score (nSPS) is 19.4. The maximum absolute atomic E-state index is 14.8. The number of aliphatic hydroxyl groups excluding tert-OH is 1. The van der Waals surface area contributed by atoms with Crippen LogP contribution in [0.4, 0.5) is 26.2 Å². The molecule has 12 aromatic rings. The van der Waals surface area contributed by atoms with Gasteiger partial charge in [0.15, 0.2) is 17.2 Å². The number of aliphatic hydroxyl groups is 1. The van der Waals surface area contributed by atoms with Gasteiger partial charge in [0.05, 0.1) is 72.5 Å². The highest BCUT2D eigenvalue weighted by Gasteiger charge is 2.39. The second kappa shape index (κ2) is 38.5. The van der Waals surface area contributed by atoms with Crippen LogP contribution in [0.25, 0.3) is 65.4 Å². The monoisotopic (exact) mass is 1850 g/mol. The minimum atomic E-state index is -0.740. The van der Waals surface area contributed by atoms with Crippen LogP contribution in [-0.2, 0) is 23.9 Å². The minimum Gasteiger partial charge on any atom is -0.456 e. The van der Waals surface area contributed by atoms with Gasteiger partial charge in [-0.3, -0.25) is 44.4 Å². The number of fused-ring (bicyclic) bond motifs is 6. The average molecular weight is 1860 g/mol. The molecule has 18 rings (SSSR count). The number of hydrogen-bond acceptors (Lipinski definition) is 30. The highest BCUT2D eigenvalue weighted by atomic mass is 35.5. The second-order valence-electron chi connectivity index (χ2n) is 30.4. The number of rotatable bonds is 22. The van der Waals surface area contributed by atoms with Crippen molar-refractivity contribution in [2.45, 2.75) is 43.0 Å². The van der Waals surface area contributed by atoms with E-state index in [2.05, 4.69) is 90.9 Å². The van der Waals surface area contributed by atoms with Crippen LogP contribution in [-0.4, -0.2) is 317 Å². The molecule has 6 aliphatic rings. The Hall–Kier alpha value is -11.7. The van der Waals surface area contributed by atoms with E-state index >= 15 is 0 Å². The fourth-order valence-corrected chi connectivity index (χ4v) is 17.0. The van der Waals surface area contributed by atoms with Crippen LogP contribution in [0.15, 0.2) is 99.0 Å². The molecular weight excluding hydrogens is 1780 g/mol. The molecule has 6 aliphatic heterocycles. The number of aromatic nitrogens is 15. The first-order valence-corrected chi connectivity index (χ1v) is 42.3. The third-order valence-electron chi connectivity index (χ3n) is 22.3. The average Bonchev–Trinajstić information content (AvgIpc) is 1.15. The summed E-state index contributed by atoms with van der Waals surface area (Å²) < 4.78 is 78.2. The summed E-state index contributed by atoms with van der Waals surface area (Å²) in [4.78, 5) is 95.6. The second-order valence-corrected chi connectivity index (χ2v) is 32.7. The summed E-state index contributed by atoms with van der Waals surface area (Å²) in [7, 11) is 7.17. The SMILES string of the molecule is C#CCCN1C[C@@H](OC)[C@H](Oc2nc(N3CCN(C(=O)C=C)CC3)c3cc(Cl)nc(Oc4c(Cl)c(F)cc5[nH]ncc45)c3n2)C1.C=CC(=O)N1CCN(c2nc(O[C@@H]3CN(C)C[C@H]3O)nc3c(Oc4c(Cl)c(F)cc5[nH]ncc45)nc(Cl)cc23)CC1.C=CC(=O)N1CCN(c2nc(O[C@@H]3CN(C)C[C@H]3OC)nc3c(Oc4c(Cl)ccc5[nH]ncc45)nc(Cl)cc23)CC1. The molecule has 0 bridgehead atoms. The third-order valence-corrected chi connectivity index (χ3v) is 23.9. The number of carbonyl (C=O) groups excluding carboxylic acids is 3. The number of carbonyl (C=O) groups is 3. The molecule has 0 radical (unpaired) electrons. The molecule has 127 heavy (non-hydrogen) atoms. The van der Waals surface area contributed by atoms with Crippen LogP contribution >= 0.6 is 69.6 Å². The van der Waals surface area contributed by atoms with Crippen molar-refractivity contribution in [3.8, 4) is 65.3 Å². The molecule has 4 N–H and O–H groups in total. The highest BCUT2D eigenvalue weighted by Crippen LogP contribution is 2.46. The summed E-state index contributed by atoms with van der Waals surface area (Å²) in [5, 5.41) is 34.3. The summed E-state index contributed by atoms with van der Waals surface area (Å²) in [5.41, 5.74) is 2.40. The molecule has 662 valence electrons. The number of terminal acetylenes is 1. The van der Waals surface area contributed by atoms with Crippen molar-refractivity contribution in [1.29, 1.82) is 0 Å². The van der Waals surface area contributed by atoms with E-state index in [0.717, 1.165) is 12.1 Å². The van der Waals surface area contributed by atoms with Gasteiger partial charge < -0.3 is 72.4 Å². The lowest BCUT2D eigenvalue weighted by Crippen LogP contribution is -2.48. The van der Waals surface area contributed by atoms with Crippen molar-refractivity contribution in [2.75, 3.05) is 167 Å². The molecular formula is C83H82Cl6F2N24O12. The molecule has 3 amide bonds. The number of nitrogens with one attached hydrogen (secondary N) is 3. The summed E-state index contributed by atoms with van der Waals surface area (Å²) in [6.45, 7) is 20.7. The number of anilines is 3. The zero-order chi connectivity index (χ0) is 89.2. The summed E-state index contributed by atoms with van der Waals surface area (Å²) in [5.74, 6) is 2.82. The largest absolute Gasteiger partial charge is 0.456 e. The topological polar surface area (TPSA) is 376 Å². The molecule has 0 saturated carbocycles. The fourth-order valence-electron chi connectivity index (χ4n) is 15.9. The number of pyridine rings is 3. The summed E-state index contributed by atoms with van der Waals surface area (Å²) in [6.07, 6.45) is 12.2. The van der Waals surface area contributed by atoms with Crippen molar-refractivity contribution in [3.63, 3.8) is 0 Å². The van der Waals surface area contributed by atoms with E-state index < -0.39 is 29.9 Å². The van der Waals surface area contributed by atoms with Crippen molar-refractivity contribution in [1.82, 2.24) is 105 Å². The van der Waals surface area contributed by atoms with E-state index in [0.29, 0.717) is 201 Å². The Morgan fingerprint density at radius 3 is 1.22 bits per heavy atom. The lowest BCUT2D eigenvalue weighted by molar-refractivity contribution is -0.127. The Morgan fingerprint density at radius 1 is 0.472 bits per heavy atom. The Labute approximate surface area is 753 Å². The molecule has 36 nitrogen and oxygen atoms in total. The molecule has 3 aromatic carbocycles. The van der Waals surface area contributed by atoms with Gasteiger partial charge in [0, 0.05) is 157 Å². The van der Waals surface area contributed by atoms with Crippen molar-refractivity contribution >= 4 is 170 Å². The predicted octanol–water partition coefficient (Wildman–Crippen LogP) is 10.6. The quantitative estimate of drug-likeness (QED) is 0.0278. The molecule has 6 saturated heterocycles. The Kier molecular flexibility index (Phi) is 26.9. The van der Waals surface area contributed by atoms with Gasteiger partial charge in [0.1, 0.15) is 108 Å². The number of hydrogen-bond donors (Lipinski definition) is 4. The van der Waals surface area contributed by atoms with Crippen molar-refractivity contribution in [2.24, 2.45) is 0 Å². The number of methoxy groups -OCH3 is 2. The minimum absolute atomic E-state index is 0.00457. The number of aromatic amines is 3. The standard InChI is InChI=1S/C30H29Cl2FN8O4.C27H28Cl2N8O4.C26H25Cl2FN8O4/c1-4-6-7-39-15-21(43-3)22(16-39)44-30-36-26-17(28(37-30)41-10-8-40(9-11-41)24(42)5-2)12-23(31)35-29(26)45-27-18-14-34-38-20(18)13-19(33)25(27)32;1-4-22(38)36-7-9-37(10-8-36)25-15-11-21(29)31-26(41-24-16-12-30-34-18(16)6-5-17(24)28)23(15)32-27(33-25)40-20-14-35(2)13-19(20)39-3;1-3-20(39)36-4-6-37(7-5-36)24-13-8-19(27)31-25(41-23-14-10-30-34-16(14)9-15(29)21(23)28)22(13)32-26(33-24)40-18-12-35(2)11-17(18)38/h1,5,12-14,21-22H,2,6-11,15-16H2,3H3,(H,34,38);4-6,11-12,19-20H,1,7-10,13-14H2,2-3H3,(H,30,34);3,8-10,17-18,38H,1,4-7,11-12H2,2H3,(H,30,34)/t21-,22-;19-,20-;17-,18-/m111/s1. The first-order chi connectivity index (χ1) is 61.3. The van der Waals surface area contributed by atoms with Crippen LogP contribution in [0.3, 0.4) is 0 Å². The molecule has 44 heteroatoms. The lowest BCUT2D eigenvalue weighted by atomic mass is 10.2. The molecule has 9 aromatic heterocycles. The number of halogens is 8. The van der Waals surface area contributed by atoms with E-state index in [1.54, 1.807) is 59.4 Å². The fraction of sp³-hybridized carbons (Fsp3) is 0.361. The van der Waals surface area contributed by atoms with Gasteiger partial charge in [-0.15, -0.1) is 12.3 Å². The molecule has 0 unspecified atom stereocenters. The van der Waals surface area contributed by atoms with Gasteiger partial charge in [0.2, 0.25) is 35.4 Å². The van der Waals surface area contributed by atoms with E-state index in [1.165, 1.54) is 42.8 Å². The van der Waals surface area contributed by atoms with E-state index in [4.69, 9.17) is 139 Å². The number of nitrogens with zero attached hydrogens (tertiary/aromatic N) is 21. The molecule has 6 atom stereocenters. The number of likely N-dealkylation sites (tertiary alicyclic amines) is 3. The number of β-amino-alcohol motifs (C(OH)–C–C–N with tert-alkyl or cyclic N) is 1. The maximum Gasteiger partial charge on any atom is 0.319 e. The number of ether oxygens (including phenoxy) is 8. The Balaban J connectivity index is 0.000000140. The first kappa shape index (κ1) is 88.7. The van der Waals surface area contributed by atoms with Crippen LogP contribution in [0.1, 0.15) is 6.42 Å². The van der Waals surface area contributed by atoms with Crippen LogP contribution in [0, 0.1) is 24.0 Å². The first-order valence-electron chi connectivity index (χ1n) is 40.0. The van der Waals surface area contributed by atoms with E-state index in [9.17, 15) is 28.3 Å². The Bertz CT molecular complexity index is 6230. The Morgan fingerprint density at radius 2 is 0.827 bits per heavy atom. The summed E-state index contributed by atoms with van der Waals surface area (Å²) in [6, 6.07) is 11.1. The number of piperazine rings is 3. The number of H-pyrrole nitrogens is 3. The molecule has 6 fully saturated rings. The van der Waals surface area contributed by atoms with Gasteiger partial charge in [-0.2, -0.15) is 60.2 Å². The van der Waals surface area contributed by atoms with E-state index in [-0.39, 0.29) is 120 Å². The van der Waals surface area contributed by atoms with Gasteiger partial charge in [0.25, 0.3) is 0 Å². The van der Waals surface area contributed by atoms with Crippen LogP contribution < -0.4 is 43.1 Å². The number of likely N-dealkylation sites (N-methyl/N-ethyl adjacent to an activating group) is 2. The molecule has 15 heterocycles. The van der Waals surface area contributed by atoms with Gasteiger partial charge in [-0.05, 0) is 62.7 Å². The van der Waals surface area contributed by atoms with Crippen molar-refractivity contribution in [3.05, 3.63) is 141 Å². The van der Waals surface area contributed by atoms with Crippen LogP contribution in [0.2, 0.25) is 30.5 Å². The van der Waals surface area contributed by atoms with Crippen LogP contribution in [0.5, 0.6) is 52.9 Å². The lowest BCUT2D eigenvalue weighted by Gasteiger charge is -2.35. The predicted molar refractivity (Wildman–Crippen MR) is 473 cm³/mol. The zero-order valence-electron chi connectivity index (χ0n) is 68.7. The highest BCUT2D eigenvalue weighted by molar-refractivity contribution is 6.35. The number of amides is 3. The van der Waals surface area contributed by atoms with E-state index in [1.807, 2.05) is 34.9 Å². The van der Waals surface area contributed by atoms with Gasteiger partial charge in [-0.25, -0.2) is 8.78 Å². The maximum atomic E-state index is 14.8. The molecule has 0 spiro atoms. The zero-order valence-corrected chi connectivity index (χ0v) is 73.2. The third kappa shape index (κ3) is 19.0. The summed E-state index contributed by atoms with van der Waals surface area (Å²) >= 11 is 38.7. The number of benzene rings is 3. The molecule has 0 aliphatic carbocycles.